The molecule has 1 aliphatic rings. The molecule has 0 atom stereocenters. The third-order valence-electron chi connectivity index (χ3n) is 6.19. The molecule has 1 fully saturated rings. The van der Waals surface area contributed by atoms with Crippen LogP contribution in [0.4, 0.5) is 5.13 Å². The summed E-state index contributed by atoms with van der Waals surface area (Å²) in [6, 6.07) is 18.4. The van der Waals surface area contributed by atoms with E-state index in [0.29, 0.717) is 6.54 Å². The molecule has 5 rings (SSSR count). The minimum atomic E-state index is -0.00507. The van der Waals surface area contributed by atoms with Gasteiger partial charge in [0.15, 0.2) is 5.13 Å². The molecule has 0 saturated carbocycles. The Morgan fingerprint density at radius 2 is 1.78 bits per heavy atom. The van der Waals surface area contributed by atoms with Crippen LogP contribution in [0.5, 0.6) is 0 Å². The van der Waals surface area contributed by atoms with Crippen molar-refractivity contribution in [2.75, 3.05) is 44.2 Å². The Labute approximate surface area is 192 Å². The van der Waals surface area contributed by atoms with E-state index in [9.17, 15) is 4.79 Å². The van der Waals surface area contributed by atoms with Crippen molar-refractivity contribution in [3.8, 4) is 0 Å². The molecule has 32 heavy (non-hydrogen) atoms. The summed E-state index contributed by atoms with van der Waals surface area (Å²) in [5.74, 6) is -0.00507. The minimum absolute atomic E-state index is 0.00507. The number of benzene rings is 3. The van der Waals surface area contributed by atoms with Crippen LogP contribution < -0.4 is 10.2 Å². The van der Waals surface area contributed by atoms with Crippen LogP contribution in [0, 0.1) is 13.8 Å². The van der Waals surface area contributed by atoms with Crippen LogP contribution in [0.1, 0.15) is 21.5 Å². The molecule has 0 aliphatic carbocycles. The number of hydrogen-bond acceptors (Lipinski definition) is 5. The summed E-state index contributed by atoms with van der Waals surface area (Å²) in [4.78, 5) is 22.3. The Morgan fingerprint density at radius 3 is 2.59 bits per heavy atom. The van der Waals surface area contributed by atoms with Crippen molar-refractivity contribution in [1.82, 2.24) is 15.2 Å². The largest absolute Gasteiger partial charge is 0.351 e. The molecule has 5 nitrogen and oxygen atoms in total. The molecule has 1 N–H and O–H groups in total. The summed E-state index contributed by atoms with van der Waals surface area (Å²) in [6.07, 6.45) is 0. The zero-order valence-corrected chi connectivity index (χ0v) is 19.4. The molecule has 0 bridgehead atoms. The van der Waals surface area contributed by atoms with Gasteiger partial charge in [0.05, 0.1) is 10.2 Å². The van der Waals surface area contributed by atoms with E-state index in [1.165, 1.54) is 15.8 Å². The van der Waals surface area contributed by atoms with Gasteiger partial charge in [-0.15, -0.1) is 0 Å². The summed E-state index contributed by atoms with van der Waals surface area (Å²) in [5.41, 5.74) is 4.40. The van der Waals surface area contributed by atoms with Crippen LogP contribution in [0.3, 0.4) is 0 Å². The Kier molecular flexibility index (Phi) is 5.81. The summed E-state index contributed by atoms with van der Waals surface area (Å²) in [7, 11) is 0. The zero-order chi connectivity index (χ0) is 22.1. The molecule has 6 heteroatoms. The molecule has 1 aromatic heterocycles. The molecule has 0 radical (unpaired) electrons. The molecule has 3 aromatic carbocycles. The number of piperazine rings is 1. The monoisotopic (exact) mass is 444 g/mol. The van der Waals surface area contributed by atoms with Crippen molar-refractivity contribution in [3.63, 3.8) is 0 Å². The lowest BCUT2D eigenvalue weighted by atomic mass is 10.1. The summed E-state index contributed by atoms with van der Waals surface area (Å²) >= 11 is 1.79. The lowest BCUT2D eigenvalue weighted by Crippen LogP contribution is -2.48. The van der Waals surface area contributed by atoms with E-state index in [1.54, 1.807) is 11.3 Å². The lowest BCUT2D eigenvalue weighted by molar-refractivity contribution is 0.0948. The van der Waals surface area contributed by atoms with Gasteiger partial charge in [-0.2, -0.15) is 0 Å². The van der Waals surface area contributed by atoms with Gasteiger partial charge in [-0.3, -0.25) is 9.69 Å². The fourth-order valence-electron chi connectivity index (χ4n) is 4.42. The van der Waals surface area contributed by atoms with Crippen LogP contribution in [0.15, 0.2) is 54.6 Å². The first kappa shape index (κ1) is 20.9. The predicted molar refractivity (Wildman–Crippen MR) is 134 cm³/mol. The van der Waals surface area contributed by atoms with E-state index in [2.05, 4.69) is 47.2 Å². The first-order valence-electron chi connectivity index (χ1n) is 11.2. The molecule has 164 valence electrons. The number of thiazole rings is 1. The fourth-order valence-corrected chi connectivity index (χ4v) is 5.61. The Balaban J connectivity index is 1.13. The highest BCUT2D eigenvalue weighted by Crippen LogP contribution is 2.32. The van der Waals surface area contributed by atoms with E-state index in [4.69, 9.17) is 4.98 Å². The second-order valence-corrected chi connectivity index (χ2v) is 9.58. The van der Waals surface area contributed by atoms with Gasteiger partial charge >= 0.3 is 0 Å². The number of amides is 1. The Hall–Kier alpha value is -2.96. The van der Waals surface area contributed by atoms with E-state index < -0.39 is 0 Å². The van der Waals surface area contributed by atoms with Gasteiger partial charge in [-0.1, -0.05) is 47.7 Å². The molecule has 4 aromatic rings. The Morgan fingerprint density at radius 1 is 1.00 bits per heavy atom. The average molecular weight is 445 g/mol. The number of rotatable bonds is 5. The maximum Gasteiger partial charge on any atom is 0.251 e. The highest BCUT2D eigenvalue weighted by molar-refractivity contribution is 7.22. The van der Waals surface area contributed by atoms with E-state index in [0.717, 1.165) is 59.7 Å². The predicted octanol–water partition coefficient (Wildman–Crippen LogP) is 4.62. The van der Waals surface area contributed by atoms with Crippen molar-refractivity contribution >= 4 is 43.4 Å². The van der Waals surface area contributed by atoms with E-state index in [-0.39, 0.29) is 5.91 Å². The van der Waals surface area contributed by atoms with Gasteiger partial charge in [0.2, 0.25) is 0 Å². The van der Waals surface area contributed by atoms with E-state index >= 15 is 0 Å². The molecule has 1 saturated heterocycles. The number of hydrogen-bond donors (Lipinski definition) is 1. The average Bonchev–Trinajstić information content (AvgIpc) is 3.23. The summed E-state index contributed by atoms with van der Waals surface area (Å²) < 4.78 is 1.27. The van der Waals surface area contributed by atoms with Crippen molar-refractivity contribution < 1.29 is 4.79 Å². The third kappa shape index (κ3) is 4.33. The number of nitrogens with zero attached hydrogens (tertiary/aromatic N) is 3. The number of carbonyl (C=O) groups is 1. The van der Waals surface area contributed by atoms with E-state index in [1.807, 2.05) is 36.4 Å². The molecule has 1 aliphatic heterocycles. The SMILES string of the molecule is Cc1cc(C)c2nc(N3CCN(CCNC(=O)c4ccc5ccccc5c4)CC3)sc2c1. The van der Waals surface area contributed by atoms with Crippen molar-refractivity contribution in [1.29, 1.82) is 0 Å². The highest BCUT2D eigenvalue weighted by atomic mass is 32.1. The zero-order valence-electron chi connectivity index (χ0n) is 18.6. The molecule has 0 spiro atoms. The molecule has 1 amide bonds. The van der Waals surface area contributed by atoms with Crippen LogP contribution in [-0.4, -0.2) is 55.1 Å². The standard InChI is InChI=1S/C26H28N4OS/c1-18-15-19(2)24-23(16-18)32-26(28-24)30-13-11-29(12-14-30)10-9-27-25(31)22-8-7-20-5-3-4-6-21(20)17-22/h3-8,15-17H,9-14H2,1-2H3,(H,27,31). The quantitative estimate of drug-likeness (QED) is 0.488. The van der Waals surface area contributed by atoms with Gasteiger partial charge < -0.3 is 10.2 Å². The summed E-state index contributed by atoms with van der Waals surface area (Å²) in [6.45, 7) is 9.72. The van der Waals surface area contributed by atoms with Crippen LogP contribution in [0.2, 0.25) is 0 Å². The number of fused-ring (bicyclic) bond motifs is 2. The molecular weight excluding hydrogens is 416 g/mol. The molecule has 0 unspecified atom stereocenters. The van der Waals surface area contributed by atoms with Crippen LogP contribution in [0.25, 0.3) is 21.0 Å². The van der Waals surface area contributed by atoms with Crippen molar-refractivity contribution in [2.24, 2.45) is 0 Å². The van der Waals surface area contributed by atoms with Gasteiger partial charge in [-0.25, -0.2) is 4.98 Å². The number of aryl methyl sites for hydroxylation is 2. The minimum Gasteiger partial charge on any atom is -0.351 e. The topological polar surface area (TPSA) is 48.5 Å². The van der Waals surface area contributed by atoms with Gasteiger partial charge in [0.1, 0.15) is 0 Å². The number of anilines is 1. The first-order valence-corrected chi connectivity index (χ1v) is 12.0. The second kappa shape index (κ2) is 8.88. The lowest BCUT2D eigenvalue weighted by Gasteiger charge is -2.34. The Bertz CT molecular complexity index is 1270. The number of nitrogens with one attached hydrogen (secondary N) is 1. The van der Waals surface area contributed by atoms with Crippen LogP contribution in [-0.2, 0) is 0 Å². The fraction of sp³-hybridized carbons (Fsp3) is 0.308. The normalized spacial score (nSPS) is 14.9. The number of aromatic nitrogens is 1. The van der Waals surface area contributed by atoms with Gasteiger partial charge in [0, 0.05) is 44.8 Å². The first-order chi connectivity index (χ1) is 15.6. The smallest absolute Gasteiger partial charge is 0.251 e. The molecular formula is C26H28N4OS. The summed E-state index contributed by atoms with van der Waals surface area (Å²) in [5, 5.41) is 6.45. The maximum absolute atomic E-state index is 12.6. The van der Waals surface area contributed by atoms with Gasteiger partial charge in [0.25, 0.3) is 5.91 Å². The highest BCUT2D eigenvalue weighted by Gasteiger charge is 2.20. The van der Waals surface area contributed by atoms with Crippen LogP contribution >= 0.6 is 11.3 Å². The maximum atomic E-state index is 12.6. The second-order valence-electron chi connectivity index (χ2n) is 8.57. The van der Waals surface area contributed by atoms with Crippen molar-refractivity contribution in [3.05, 3.63) is 71.3 Å². The third-order valence-corrected chi connectivity index (χ3v) is 7.25. The number of carbonyl (C=O) groups excluding carboxylic acids is 1. The van der Waals surface area contributed by atoms with Crippen molar-refractivity contribution in [2.45, 2.75) is 13.8 Å². The van der Waals surface area contributed by atoms with Gasteiger partial charge in [-0.05, 0) is 53.9 Å². The molecule has 2 heterocycles.